The van der Waals surface area contributed by atoms with Crippen molar-refractivity contribution in [1.82, 2.24) is 0 Å². The fourth-order valence-corrected chi connectivity index (χ4v) is 2.21. The van der Waals surface area contributed by atoms with Gasteiger partial charge in [-0.2, -0.15) is 0 Å². The highest BCUT2D eigenvalue weighted by atomic mass is 19.1. The lowest BCUT2D eigenvalue weighted by atomic mass is 10.0. The minimum atomic E-state index is -0.205. The fraction of sp³-hybridized carbons (Fsp3) is 0.500. The van der Waals surface area contributed by atoms with Gasteiger partial charge in [0.15, 0.2) is 0 Å². The van der Waals surface area contributed by atoms with Crippen LogP contribution in [0.2, 0.25) is 0 Å². The zero-order valence-corrected chi connectivity index (χ0v) is 9.04. The summed E-state index contributed by atoms with van der Waals surface area (Å²) < 4.78 is 13.7. The molecule has 1 aliphatic heterocycles. The third kappa shape index (κ3) is 2.06. The first-order valence-corrected chi connectivity index (χ1v) is 5.50. The van der Waals surface area contributed by atoms with E-state index < -0.39 is 0 Å². The van der Waals surface area contributed by atoms with Crippen molar-refractivity contribution >= 4 is 11.4 Å². The Morgan fingerprint density at radius 1 is 1.40 bits per heavy atom. The van der Waals surface area contributed by atoms with E-state index in [0.29, 0.717) is 17.4 Å². The smallest absolute Gasteiger partial charge is 0.148 e. The van der Waals surface area contributed by atoms with Crippen LogP contribution >= 0.6 is 0 Å². The molecule has 1 heterocycles. The Labute approximate surface area is 89.9 Å². The second-order valence-electron chi connectivity index (χ2n) is 4.25. The van der Waals surface area contributed by atoms with Gasteiger partial charge in [0.05, 0.1) is 5.69 Å². The lowest BCUT2D eigenvalue weighted by Crippen LogP contribution is -2.37. The van der Waals surface area contributed by atoms with Crippen LogP contribution in [0.15, 0.2) is 18.2 Å². The average Bonchev–Trinajstić information content (AvgIpc) is 2.20. The predicted molar refractivity (Wildman–Crippen MR) is 61.5 cm³/mol. The number of anilines is 2. The van der Waals surface area contributed by atoms with E-state index in [2.05, 4.69) is 11.8 Å². The molecule has 82 valence electrons. The number of nitrogens with two attached hydrogens (primary N) is 1. The molecule has 0 aliphatic carbocycles. The van der Waals surface area contributed by atoms with E-state index in [1.165, 1.54) is 12.5 Å². The number of rotatable bonds is 1. The van der Waals surface area contributed by atoms with Gasteiger partial charge in [-0.3, -0.25) is 0 Å². The molecule has 15 heavy (non-hydrogen) atoms. The van der Waals surface area contributed by atoms with Gasteiger partial charge in [0, 0.05) is 18.3 Å². The zero-order chi connectivity index (χ0) is 10.8. The Morgan fingerprint density at radius 2 is 2.20 bits per heavy atom. The number of hydrogen-bond acceptors (Lipinski definition) is 2. The second-order valence-corrected chi connectivity index (χ2v) is 4.25. The highest BCUT2D eigenvalue weighted by molar-refractivity contribution is 5.55. The van der Waals surface area contributed by atoms with E-state index >= 15 is 0 Å². The highest BCUT2D eigenvalue weighted by Crippen LogP contribution is 2.27. The number of nitrogens with zero attached hydrogens (tertiary/aromatic N) is 1. The maximum atomic E-state index is 13.7. The molecule has 0 bridgehead atoms. The van der Waals surface area contributed by atoms with Gasteiger partial charge in [-0.05, 0) is 44.4 Å². The predicted octanol–water partition coefficient (Wildman–Crippen LogP) is 2.79. The van der Waals surface area contributed by atoms with Gasteiger partial charge < -0.3 is 10.6 Å². The van der Waals surface area contributed by atoms with Gasteiger partial charge in [-0.25, -0.2) is 4.39 Å². The van der Waals surface area contributed by atoms with Crippen LogP contribution in [-0.2, 0) is 0 Å². The standard InChI is InChI=1S/C12H17FN2/c1-9-4-2-3-7-15(9)12-6-5-10(14)8-11(12)13/h5-6,8-9H,2-4,7,14H2,1H3. The molecule has 2 rings (SSSR count). The van der Waals surface area contributed by atoms with E-state index in [1.54, 1.807) is 12.1 Å². The molecule has 3 heteroatoms. The monoisotopic (exact) mass is 208 g/mol. The van der Waals surface area contributed by atoms with Crippen molar-refractivity contribution in [3.05, 3.63) is 24.0 Å². The number of nitrogen functional groups attached to an aromatic ring is 1. The minimum Gasteiger partial charge on any atom is -0.399 e. The largest absolute Gasteiger partial charge is 0.399 e. The van der Waals surface area contributed by atoms with Crippen LogP contribution in [0.5, 0.6) is 0 Å². The molecule has 2 N–H and O–H groups in total. The van der Waals surface area contributed by atoms with Crippen molar-refractivity contribution in [3.63, 3.8) is 0 Å². The molecule has 1 aliphatic rings. The molecule has 0 radical (unpaired) electrons. The molecule has 0 spiro atoms. The molecule has 1 atom stereocenters. The van der Waals surface area contributed by atoms with Gasteiger partial charge in [0.1, 0.15) is 5.82 Å². The topological polar surface area (TPSA) is 29.3 Å². The quantitative estimate of drug-likeness (QED) is 0.719. The maximum Gasteiger partial charge on any atom is 0.148 e. The normalized spacial score (nSPS) is 21.7. The lowest BCUT2D eigenvalue weighted by molar-refractivity contribution is 0.476. The number of hydrogen-bond donors (Lipinski definition) is 1. The summed E-state index contributed by atoms with van der Waals surface area (Å²) in [7, 11) is 0. The number of benzene rings is 1. The first-order chi connectivity index (χ1) is 7.18. The van der Waals surface area contributed by atoms with Gasteiger partial charge in [0.2, 0.25) is 0 Å². The molecule has 1 aromatic rings. The summed E-state index contributed by atoms with van der Waals surface area (Å²) in [4.78, 5) is 2.14. The van der Waals surface area contributed by atoms with E-state index in [4.69, 9.17) is 5.73 Å². The van der Waals surface area contributed by atoms with Gasteiger partial charge in [0.25, 0.3) is 0 Å². The van der Waals surface area contributed by atoms with Crippen LogP contribution in [0.3, 0.4) is 0 Å². The zero-order valence-electron chi connectivity index (χ0n) is 9.04. The molecular formula is C12H17FN2. The van der Waals surface area contributed by atoms with Crippen LogP contribution in [-0.4, -0.2) is 12.6 Å². The number of halogens is 1. The number of piperidine rings is 1. The molecule has 1 unspecified atom stereocenters. The second kappa shape index (κ2) is 4.09. The molecule has 0 saturated carbocycles. The molecule has 2 nitrogen and oxygen atoms in total. The Balaban J connectivity index is 2.27. The van der Waals surface area contributed by atoms with E-state index in [1.807, 2.05) is 0 Å². The summed E-state index contributed by atoms with van der Waals surface area (Å²) >= 11 is 0. The summed E-state index contributed by atoms with van der Waals surface area (Å²) in [5.74, 6) is -0.205. The summed E-state index contributed by atoms with van der Waals surface area (Å²) in [6.45, 7) is 3.09. The fourth-order valence-electron chi connectivity index (χ4n) is 2.21. The third-order valence-corrected chi connectivity index (χ3v) is 3.08. The summed E-state index contributed by atoms with van der Waals surface area (Å²) in [6, 6.07) is 5.37. The van der Waals surface area contributed by atoms with Crippen LogP contribution < -0.4 is 10.6 Å². The van der Waals surface area contributed by atoms with Crippen molar-refractivity contribution in [3.8, 4) is 0 Å². The first kappa shape index (κ1) is 10.3. The van der Waals surface area contributed by atoms with Crippen LogP contribution in [0.1, 0.15) is 26.2 Å². The van der Waals surface area contributed by atoms with Gasteiger partial charge >= 0.3 is 0 Å². The van der Waals surface area contributed by atoms with Crippen molar-refractivity contribution in [1.29, 1.82) is 0 Å². The van der Waals surface area contributed by atoms with Crippen molar-refractivity contribution in [2.24, 2.45) is 0 Å². The Bertz CT molecular complexity index is 351. The van der Waals surface area contributed by atoms with Crippen LogP contribution in [0.25, 0.3) is 0 Å². The van der Waals surface area contributed by atoms with E-state index in [-0.39, 0.29) is 5.82 Å². The molecule has 1 saturated heterocycles. The molecule has 0 amide bonds. The maximum absolute atomic E-state index is 13.7. The minimum absolute atomic E-state index is 0.205. The van der Waals surface area contributed by atoms with Crippen molar-refractivity contribution in [2.45, 2.75) is 32.2 Å². The lowest BCUT2D eigenvalue weighted by Gasteiger charge is -2.35. The van der Waals surface area contributed by atoms with Crippen molar-refractivity contribution < 1.29 is 4.39 Å². The van der Waals surface area contributed by atoms with Crippen LogP contribution in [0, 0.1) is 5.82 Å². The Hall–Kier alpha value is -1.25. The first-order valence-electron chi connectivity index (χ1n) is 5.50. The van der Waals surface area contributed by atoms with Crippen molar-refractivity contribution in [2.75, 3.05) is 17.2 Å². The van der Waals surface area contributed by atoms with E-state index in [9.17, 15) is 4.39 Å². The molecule has 0 aromatic heterocycles. The van der Waals surface area contributed by atoms with Gasteiger partial charge in [-0.1, -0.05) is 0 Å². The highest BCUT2D eigenvalue weighted by Gasteiger charge is 2.20. The summed E-state index contributed by atoms with van der Waals surface area (Å²) in [6.07, 6.45) is 3.53. The van der Waals surface area contributed by atoms with Crippen LogP contribution in [0.4, 0.5) is 15.8 Å². The summed E-state index contributed by atoms with van der Waals surface area (Å²) in [5.41, 5.74) is 6.71. The molecule has 1 fully saturated rings. The average molecular weight is 208 g/mol. The molecular weight excluding hydrogens is 191 g/mol. The van der Waals surface area contributed by atoms with Gasteiger partial charge in [-0.15, -0.1) is 0 Å². The SMILES string of the molecule is CC1CCCCN1c1ccc(N)cc1F. The Kier molecular flexibility index (Phi) is 2.80. The molecule has 1 aromatic carbocycles. The Morgan fingerprint density at radius 3 is 2.87 bits per heavy atom. The third-order valence-electron chi connectivity index (χ3n) is 3.08. The van der Waals surface area contributed by atoms with E-state index in [0.717, 1.165) is 19.4 Å². The summed E-state index contributed by atoms with van der Waals surface area (Å²) in [5, 5.41) is 0.